The van der Waals surface area contributed by atoms with Crippen LogP contribution in [0.1, 0.15) is 56.1 Å². The van der Waals surface area contributed by atoms with Crippen molar-refractivity contribution in [2.45, 2.75) is 49.7 Å². The first kappa shape index (κ1) is 13.5. The maximum absolute atomic E-state index is 9.29. The minimum atomic E-state index is -0.412. The van der Waals surface area contributed by atoms with Crippen molar-refractivity contribution in [2.75, 3.05) is 6.26 Å². The van der Waals surface area contributed by atoms with E-state index in [-0.39, 0.29) is 0 Å². The highest BCUT2D eigenvalue weighted by atomic mass is 32.2. The van der Waals surface area contributed by atoms with E-state index < -0.39 is 4.75 Å². The smallest absolute Gasteiger partial charge is 0.124 e. The Bertz CT molecular complexity index is 425. The van der Waals surface area contributed by atoms with Gasteiger partial charge in [0.15, 0.2) is 0 Å². The Morgan fingerprint density at radius 3 is 2.28 bits per heavy atom. The standard InChI is InChI=1S/C16H21NS/c1-16(12-17,18-2)15-10-8-14(9-11-15)13-6-4-3-5-7-13/h8-11,13H,3-7H2,1-2H3. The fraction of sp³-hybridized carbons (Fsp3) is 0.562. The van der Waals surface area contributed by atoms with E-state index in [0.717, 1.165) is 11.5 Å². The van der Waals surface area contributed by atoms with E-state index in [1.807, 2.05) is 13.2 Å². The molecule has 96 valence electrons. The number of hydrogen-bond donors (Lipinski definition) is 0. The Morgan fingerprint density at radius 1 is 1.17 bits per heavy atom. The third kappa shape index (κ3) is 2.72. The predicted molar refractivity (Wildman–Crippen MR) is 78.7 cm³/mol. The second-order valence-electron chi connectivity index (χ2n) is 5.31. The zero-order valence-corrected chi connectivity index (χ0v) is 12.1. The lowest BCUT2D eigenvalue weighted by Crippen LogP contribution is -2.14. The van der Waals surface area contributed by atoms with E-state index in [4.69, 9.17) is 0 Å². The number of thioether (sulfide) groups is 1. The van der Waals surface area contributed by atoms with E-state index >= 15 is 0 Å². The quantitative estimate of drug-likeness (QED) is 0.775. The van der Waals surface area contributed by atoms with Crippen LogP contribution >= 0.6 is 11.8 Å². The summed E-state index contributed by atoms with van der Waals surface area (Å²) < 4.78 is -0.412. The van der Waals surface area contributed by atoms with Crippen LogP contribution in [-0.4, -0.2) is 6.26 Å². The molecule has 1 atom stereocenters. The summed E-state index contributed by atoms with van der Waals surface area (Å²) in [4.78, 5) is 0. The van der Waals surface area contributed by atoms with E-state index in [9.17, 15) is 5.26 Å². The third-order valence-electron chi connectivity index (χ3n) is 4.16. The molecule has 0 spiro atoms. The molecule has 1 unspecified atom stereocenters. The highest BCUT2D eigenvalue weighted by Gasteiger charge is 2.25. The molecule has 1 nitrogen and oxygen atoms in total. The van der Waals surface area contributed by atoms with Crippen molar-refractivity contribution < 1.29 is 0 Å². The molecule has 1 aliphatic rings. The first-order valence-corrected chi connectivity index (χ1v) is 7.99. The van der Waals surface area contributed by atoms with Crippen LogP contribution in [0.25, 0.3) is 0 Å². The Labute approximate surface area is 115 Å². The second-order valence-corrected chi connectivity index (χ2v) is 6.53. The van der Waals surface area contributed by atoms with Gasteiger partial charge in [-0.25, -0.2) is 0 Å². The number of rotatable bonds is 3. The van der Waals surface area contributed by atoms with Crippen molar-refractivity contribution in [3.63, 3.8) is 0 Å². The first-order chi connectivity index (χ1) is 8.69. The highest BCUT2D eigenvalue weighted by Crippen LogP contribution is 2.36. The summed E-state index contributed by atoms with van der Waals surface area (Å²) in [5.74, 6) is 0.746. The highest BCUT2D eigenvalue weighted by molar-refractivity contribution is 7.99. The fourth-order valence-corrected chi connectivity index (χ4v) is 3.20. The molecule has 1 aromatic carbocycles. The van der Waals surface area contributed by atoms with Gasteiger partial charge in [0.2, 0.25) is 0 Å². The topological polar surface area (TPSA) is 23.8 Å². The van der Waals surface area contributed by atoms with E-state index in [1.54, 1.807) is 11.8 Å². The van der Waals surface area contributed by atoms with Crippen molar-refractivity contribution in [2.24, 2.45) is 0 Å². The SMILES string of the molecule is CSC(C)(C#N)c1ccc(C2CCCCC2)cc1. The predicted octanol–water partition coefficient (Wildman–Crippen LogP) is 4.84. The molecular formula is C16H21NS. The average molecular weight is 259 g/mol. The first-order valence-electron chi connectivity index (χ1n) is 6.76. The normalized spacial score (nSPS) is 20.1. The molecule has 0 aliphatic heterocycles. The maximum Gasteiger partial charge on any atom is 0.124 e. The fourth-order valence-electron chi connectivity index (χ4n) is 2.74. The molecule has 0 N–H and O–H groups in total. The molecule has 0 radical (unpaired) electrons. The van der Waals surface area contributed by atoms with Gasteiger partial charge in [0.05, 0.1) is 6.07 Å². The van der Waals surface area contributed by atoms with Gasteiger partial charge in [-0.3, -0.25) is 0 Å². The zero-order chi connectivity index (χ0) is 13.0. The number of hydrogen-bond acceptors (Lipinski definition) is 2. The van der Waals surface area contributed by atoms with Crippen LogP contribution in [-0.2, 0) is 4.75 Å². The van der Waals surface area contributed by atoms with Crippen molar-refractivity contribution in [1.29, 1.82) is 5.26 Å². The van der Waals surface area contributed by atoms with Crippen molar-refractivity contribution in [3.05, 3.63) is 35.4 Å². The van der Waals surface area contributed by atoms with Crippen LogP contribution in [0.5, 0.6) is 0 Å². The summed E-state index contributed by atoms with van der Waals surface area (Å²) in [5, 5.41) is 9.29. The Hall–Kier alpha value is -0.940. The molecular weight excluding hydrogens is 238 g/mol. The summed E-state index contributed by atoms with van der Waals surface area (Å²) in [6.45, 7) is 1.99. The summed E-state index contributed by atoms with van der Waals surface area (Å²) in [7, 11) is 0. The molecule has 0 aromatic heterocycles. The van der Waals surface area contributed by atoms with Crippen molar-refractivity contribution >= 4 is 11.8 Å². The van der Waals surface area contributed by atoms with Crippen LogP contribution in [0.3, 0.4) is 0 Å². The van der Waals surface area contributed by atoms with Crippen LogP contribution < -0.4 is 0 Å². The van der Waals surface area contributed by atoms with Gasteiger partial charge in [-0.2, -0.15) is 5.26 Å². The maximum atomic E-state index is 9.29. The van der Waals surface area contributed by atoms with E-state index in [0.29, 0.717) is 0 Å². The van der Waals surface area contributed by atoms with Crippen LogP contribution in [0, 0.1) is 11.3 Å². The molecule has 1 aromatic rings. The monoisotopic (exact) mass is 259 g/mol. The second kappa shape index (κ2) is 5.80. The van der Waals surface area contributed by atoms with Crippen LogP contribution in [0.15, 0.2) is 24.3 Å². The zero-order valence-electron chi connectivity index (χ0n) is 11.3. The molecule has 18 heavy (non-hydrogen) atoms. The summed E-state index contributed by atoms with van der Waals surface area (Å²) in [6.07, 6.45) is 8.79. The average Bonchev–Trinajstić information content (AvgIpc) is 2.47. The third-order valence-corrected chi connectivity index (χ3v) is 5.30. The van der Waals surface area contributed by atoms with Gasteiger partial charge in [0.1, 0.15) is 4.75 Å². The van der Waals surface area contributed by atoms with Gasteiger partial charge < -0.3 is 0 Å². The van der Waals surface area contributed by atoms with Gasteiger partial charge in [0, 0.05) is 0 Å². The van der Waals surface area contributed by atoms with Crippen molar-refractivity contribution in [1.82, 2.24) is 0 Å². The molecule has 2 rings (SSSR count). The van der Waals surface area contributed by atoms with E-state index in [1.165, 1.54) is 37.7 Å². The lowest BCUT2D eigenvalue weighted by molar-refractivity contribution is 0.443. The molecule has 1 saturated carbocycles. The number of benzene rings is 1. The van der Waals surface area contributed by atoms with Gasteiger partial charge >= 0.3 is 0 Å². The molecule has 1 fully saturated rings. The molecule has 0 saturated heterocycles. The Balaban J connectivity index is 2.17. The molecule has 0 heterocycles. The van der Waals surface area contributed by atoms with Crippen molar-refractivity contribution in [3.8, 4) is 6.07 Å². The van der Waals surface area contributed by atoms with Crippen LogP contribution in [0.4, 0.5) is 0 Å². The van der Waals surface area contributed by atoms with Gasteiger partial charge in [-0.1, -0.05) is 43.5 Å². The molecule has 0 bridgehead atoms. The largest absolute Gasteiger partial charge is 0.196 e. The lowest BCUT2D eigenvalue weighted by Gasteiger charge is -2.24. The van der Waals surface area contributed by atoms with Gasteiger partial charge in [-0.05, 0) is 43.1 Å². The Kier molecular flexibility index (Phi) is 4.35. The van der Waals surface area contributed by atoms with E-state index in [2.05, 4.69) is 30.3 Å². The minimum absolute atomic E-state index is 0.412. The lowest BCUT2D eigenvalue weighted by atomic mass is 9.83. The summed E-state index contributed by atoms with van der Waals surface area (Å²) in [6, 6.07) is 11.2. The number of nitriles is 1. The van der Waals surface area contributed by atoms with Gasteiger partial charge in [-0.15, -0.1) is 11.8 Å². The molecule has 1 aliphatic carbocycles. The minimum Gasteiger partial charge on any atom is -0.196 e. The molecule has 2 heteroatoms. The Morgan fingerprint density at radius 2 is 1.78 bits per heavy atom. The molecule has 0 amide bonds. The van der Waals surface area contributed by atoms with Crippen LogP contribution in [0.2, 0.25) is 0 Å². The van der Waals surface area contributed by atoms with Gasteiger partial charge in [0.25, 0.3) is 0 Å². The number of nitrogens with zero attached hydrogens (tertiary/aromatic N) is 1. The summed E-state index contributed by atoms with van der Waals surface area (Å²) >= 11 is 1.61. The summed E-state index contributed by atoms with van der Waals surface area (Å²) in [5.41, 5.74) is 2.58.